The van der Waals surface area contributed by atoms with Gasteiger partial charge in [0.2, 0.25) is 0 Å². The molecule has 1 aromatic heterocycles. The van der Waals surface area contributed by atoms with Crippen LogP contribution in [0, 0.1) is 23.7 Å². The van der Waals surface area contributed by atoms with Crippen LogP contribution in [0.4, 0.5) is 0 Å². The first-order chi connectivity index (χ1) is 9.37. The van der Waals surface area contributed by atoms with E-state index in [1.165, 1.54) is 43.4 Å². The molecule has 0 aromatic carbocycles. The Morgan fingerprint density at radius 2 is 1.79 bits per heavy atom. The summed E-state index contributed by atoms with van der Waals surface area (Å²) < 4.78 is 2.39. The molecule has 1 aliphatic heterocycles. The average Bonchev–Trinajstić information content (AvgIpc) is 2.80. The Morgan fingerprint density at radius 1 is 1.05 bits per heavy atom. The summed E-state index contributed by atoms with van der Waals surface area (Å²) >= 11 is 0. The van der Waals surface area contributed by atoms with Crippen molar-refractivity contribution in [2.45, 2.75) is 51.1 Å². The molecule has 102 valence electrons. The monoisotopic (exact) mass is 257 g/mol. The Bertz CT molecular complexity index is 453. The molecule has 6 rings (SSSR count). The summed E-state index contributed by atoms with van der Waals surface area (Å²) in [4.78, 5) is 0. The van der Waals surface area contributed by atoms with Crippen LogP contribution in [0.15, 0.2) is 6.20 Å². The van der Waals surface area contributed by atoms with Gasteiger partial charge in [0.05, 0.1) is 11.7 Å². The van der Waals surface area contributed by atoms with E-state index in [4.69, 9.17) is 5.10 Å². The zero-order valence-corrected chi connectivity index (χ0v) is 11.5. The minimum absolute atomic E-state index is 0.735. The highest BCUT2D eigenvalue weighted by Crippen LogP contribution is 2.58. The standard InChI is InChI=1S/C16H23N3/c1-2-17-8-15-12(1)9-19(18-15)16-13-4-10-3-11(6-13)7-14(16)5-10/h9-11,13-14,16-17H,1-8H2. The molecule has 1 N–H and O–H groups in total. The zero-order valence-electron chi connectivity index (χ0n) is 11.5. The predicted molar refractivity (Wildman–Crippen MR) is 73.7 cm³/mol. The maximum atomic E-state index is 4.95. The molecule has 3 heteroatoms. The van der Waals surface area contributed by atoms with Gasteiger partial charge < -0.3 is 5.32 Å². The van der Waals surface area contributed by atoms with E-state index in [-0.39, 0.29) is 0 Å². The molecule has 0 spiro atoms. The largest absolute Gasteiger partial charge is 0.311 e. The molecule has 3 nitrogen and oxygen atoms in total. The summed E-state index contributed by atoms with van der Waals surface area (Å²) in [6.07, 6.45) is 11.0. The number of rotatable bonds is 1. The van der Waals surface area contributed by atoms with Crippen LogP contribution in [0.3, 0.4) is 0 Å². The fourth-order valence-electron chi connectivity index (χ4n) is 5.74. The van der Waals surface area contributed by atoms with E-state index >= 15 is 0 Å². The fraction of sp³-hybridized carbons (Fsp3) is 0.812. The lowest BCUT2D eigenvalue weighted by Gasteiger charge is -2.54. The third-order valence-corrected chi connectivity index (χ3v) is 6.24. The maximum absolute atomic E-state index is 4.95. The topological polar surface area (TPSA) is 29.9 Å². The average molecular weight is 257 g/mol. The van der Waals surface area contributed by atoms with Crippen molar-refractivity contribution in [2.75, 3.05) is 6.54 Å². The van der Waals surface area contributed by atoms with E-state index in [2.05, 4.69) is 16.2 Å². The van der Waals surface area contributed by atoms with E-state index in [0.717, 1.165) is 42.8 Å². The molecule has 19 heavy (non-hydrogen) atoms. The van der Waals surface area contributed by atoms with Crippen LogP contribution >= 0.6 is 0 Å². The van der Waals surface area contributed by atoms with Crippen LogP contribution in [-0.4, -0.2) is 16.3 Å². The van der Waals surface area contributed by atoms with Gasteiger partial charge in [0.15, 0.2) is 0 Å². The smallest absolute Gasteiger partial charge is 0.0794 e. The molecule has 0 radical (unpaired) electrons. The quantitative estimate of drug-likeness (QED) is 0.838. The van der Waals surface area contributed by atoms with Gasteiger partial charge in [-0.25, -0.2) is 0 Å². The number of hydrogen-bond donors (Lipinski definition) is 1. The molecule has 2 heterocycles. The lowest BCUT2D eigenvalue weighted by Crippen LogP contribution is -2.46. The molecule has 0 saturated heterocycles. The first-order valence-electron chi connectivity index (χ1n) is 8.14. The lowest BCUT2D eigenvalue weighted by molar-refractivity contribution is -0.0337. The van der Waals surface area contributed by atoms with E-state index in [0.29, 0.717) is 0 Å². The first-order valence-corrected chi connectivity index (χ1v) is 8.14. The van der Waals surface area contributed by atoms with E-state index in [1.807, 2.05) is 0 Å². The second-order valence-corrected chi connectivity index (χ2v) is 7.43. The van der Waals surface area contributed by atoms with Crippen LogP contribution in [0.25, 0.3) is 0 Å². The summed E-state index contributed by atoms with van der Waals surface area (Å²) in [5.74, 6) is 3.99. The van der Waals surface area contributed by atoms with Crippen molar-refractivity contribution in [3.8, 4) is 0 Å². The third kappa shape index (κ3) is 1.57. The Balaban J connectivity index is 1.50. The highest BCUT2D eigenvalue weighted by atomic mass is 15.3. The molecule has 4 fully saturated rings. The Hall–Kier alpha value is -0.830. The molecule has 0 atom stereocenters. The van der Waals surface area contributed by atoms with Gasteiger partial charge in [-0.3, -0.25) is 4.68 Å². The Morgan fingerprint density at radius 3 is 2.47 bits per heavy atom. The van der Waals surface area contributed by atoms with Crippen molar-refractivity contribution in [1.29, 1.82) is 0 Å². The van der Waals surface area contributed by atoms with Crippen molar-refractivity contribution < 1.29 is 0 Å². The van der Waals surface area contributed by atoms with Crippen LogP contribution in [0.1, 0.15) is 49.4 Å². The number of nitrogens with one attached hydrogen (secondary N) is 1. The Labute approximate surface area is 114 Å². The lowest BCUT2D eigenvalue weighted by atomic mass is 9.54. The molecule has 1 aromatic rings. The van der Waals surface area contributed by atoms with Crippen molar-refractivity contribution in [1.82, 2.24) is 15.1 Å². The number of hydrogen-bond acceptors (Lipinski definition) is 2. The van der Waals surface area contributed by atoms with Gasteiger partial charge in [0.25, 0.3) is 0 Å². The van der Waals surface area contributed by atoms with Gasteiger partial charge in [-0.1, -0.05) is 0 Å². The van der Waals surface area contributed by atoms with Crippen LogP contribution in [-0.2, 0) is 13.0 Å². The molecule has 4 bridgehead atoms. The van der Waals surface area contributed by atoms with Gasteiger partial charge >= 0.3 is 0 Å². The summed E-state index contributed by atoms with van der Waals surface area (Å²) in [6.45, 7) is 2.11. The van der Waals surface area contributed by atoms with Gasteiger partial charge in [0, 0.05) is 12.7 Å². The van der Waals surface area contributed by atoms with Crippen LogP contribution in [0.5, 0.6) is 0 Å². The Kier molecular flexibility index (Phi) is 2.21. The molecule has 4 saturated carbocycles. The van der Waals surface area contributed by atoms with Crippen LogP contribution < -0.4 is 5.32 Å². The second kappa shape index (κ2) is 3.85. The first kappa shape index (κ1) is 10.9. The summed E-state index contributed by atoms with van der Waals surface area (Å²) in [5.41, 5.74) is 2.83. The normalized spacial score (nSPS) is 43.5. The molecule has 5 aliphatic rings. The van der Waals surface area contributed by atoms with Gasteiger partial charge in [0.1, 0.15) is 0 Å². The number of fused-ring (bicyclic) bond motifs is 1. The summed E-state index contributed by atoms with van der Waals surface area (Å²) in [6, 6.07) is 0.735. The summed E-state index contributed by atoms with van der Waals surface area (Å²) in [5, 5.41) is 8.40. The highest BCUT2D eigenvalue weighted by Gasteiger charge is 2.49. The molecule has 0 unspecified atom stereocenters. The molecule has 0 amide bonds. The van der Waals surface area contributed by atoms with E-state index < -0.39 is 0 Å². The highest BCUT2D eigenvalue weighted by molar-refractivity contribution is 5.20. The predicted octanol–water partition coefficient (Wildman–Crippen LogP) is 2.53. The molecular formula is C16H23N3. The number of nitrogens with zero attached hydrogens (tertiary/aromatic N) is 2. The minimum atomic E-state index is 0.735. The molecular weight excluding hydrogens is 234 g/mol. The second-order valence-electron chi connectivity index (χ2n) is 7.43. The van der Waals surface area contributed by atoms with Gasteiger partial charge in [-0.2, -0.15) is 5.10 Å². The SMILES string of the molecule is c1c2c(nn1C1C3CC4CC(C3)CC1C4)CNCC2. The van der Waals surface area contributed by atoms with Crippen molar-refractivity contribution >= 4 is 0 Å². The van der Waals surface area contributed by atoms with E-state index in [9.17, 15) is 0 Å². The van der Waals surface area contributed by atoms with Crippen molar-refractivity contribution in [3.63, 3.8) is 0 Å². The third-order valence-electron chi connectivity index (χ3n) is 6.24. The van der Waals surface area contributed by atoms with Gasteiger partial charge in [-0.15, -0.1) is 0 Å². The zero-order chi connectivity index (χ0) is 12.4. The van der Waals surface area contributed by atoms with Crippen molar-refractivity contribution in [2.24, 2.45) is 23.7 Å². The maximum Gasteiger partial charge on any atom is 0.0794 e. The van der Waals surface area contributed by atoms with Crippen molar-refractivity contribution in [3.05, 3.63) is 17.5 Å². The molecule has 4 aliphatic carbocycles. The van der Waals surface area contributed by atoms with E-state index in [1.54, 1.807) is 6.42 Å². The number of aromatic nitrogens is 2. The summed E-state index contributed by atoms with van der Waals surface area (Å²) in [7, 11) is 0. The fourth-order valence-corrected chi connectivity index (χ4v) is 5.74. The minimum Gasteiger partial charge on any atom is -0.311 e. The van der Waals surface area contributed by atoms with Crippen LogP contribution in [0.2, 0.25) is 0 Å². The van der Waals surface area contributed by atoms with Gasteiger partial charge in [-0.05, 0) is 74.3 Å².